The molecular formula is C8H15N. The summed E-state index contributed by atoms with van der Waals surface area (Å²) in [6, 6.07) is 0.780. The number of hydrogen-bond acceptors (Lipinski definition) is 1. The van der Waals surface area contributed by atoms with Gasteiger partial charge in [0, 0.05) is 18.2 Å². The topological polar surface area (TPSA) is 12.0 Å². The lowest BCUT2D eigenvalue weighted by Gasteiger charge is -2.31. The van der Waals surface area contributed by atoms with Crippen LogP contribution in [0.5, 0.6) is 0 Å². The molecule has 1 N–H and O–H groups in total. The highest BCUT2D eigenvalue weighted by Gasteiger charge is 2.18. The maximum Gasteiger partial charge on any atom is 0.0309 e. The molecule has 0 aromatic heterocycles. The molecule has 0 spiro atoms. The summed E-state index contributed by atoms with van der Waals surface area (Å²) >= 11 is 0. The number of rotatable bonds is 2. The Balaban J connectivity index is 2.18. The fraction of sp³-hybridized carbons (Fsp3) is 0.750. The van der Waals surface area contributed by atoms with Gasteiger partial charge in [-0.15, -0.1) is 0 Å². The minimum Gasteiger partial charge on any atom is -0.385 e. The molecule has 0 aromatic rings. The van der Waals surface area contributed by atoms with E-state index in [0.717, 1.165) is 6.04 Å². The van der Waals surface area contributed by atoms with Crippen LogP contribution in [0.2, 0.25) is 0 Å². The fourth-order valence-corrected chi connectivity index (χ4v) is 1.14. The molecule has 1 nitrogen and oxygen atoms in total. The minimum absolute atomic E-state index is 0.780. The van der Waals surface area contributed by atoms with Crippen LogP contribution < -0.4 is 5.32 Å². The SMILES string of the molecule is CC/C=C1\CC(CC)N1. The van der Waals surface area contributed by atoms with Gasteiger partial charge in [-0.2, -0.15) is 0 Å². The molecule has 1 rings (SSSR count). The second-order valence-electron chi connectivity index (χ2n) is 2.59. The first kappa shape index (κ1) is 6.66. The second kappa shape index (κ2) is 2.90. The fourth-order valence-electron chi connectivity index (χ4n) is 1.14. The summed E-state index contributed by atoms with van der Waals surface area (Å²) in [6.07, 6.45) is 5.98. The summed E-state index contributed by atoms with van der Waals surface area (Å²) in [6.45, 7) is 4.40. The van der Waals surface area contributed by atoms with Gasteiger partial charge in [-0.25, -0.2) is 0 Å². The van der Waals surface area contributed by atoms with Crippen LogP contribution in [0.4, 0.5) is 0 Å². The Kier molecular flexibility index (Phi) is 2.15. The van der Waals surface area contributed by atoms with E-state index in [1.165, 1.54) is 25.0 Å². The van der Waals surface area contributed by atoms with Crippen molar-refractivity contribution in [3.8, 4) is 0 Å². The van der Waals surface area contributed by atoms with E-state index < -0.39 is 0 Å². The van der Waals surface area contributed by atoms with E-state index >= 15 is 0 Å². The Morgan fingerprint density at radius 3 is 2.78 bits per heavy atom. The van der Waals surface area contributed by atoms with E-state index in [-0.39, 0.29) is 0 Å². The van der Waals surface area contributed by atoms with Crippen LogP contribution >= 0.6 is 0 Å². The van der Waals surface area contributed by atoms with Crippen LogP contribution in [0.15, 0.2) is 11.8 Å². The first-order chi connectivity index (χ1) is 4.36. The molecule has 1 heterocycles. The number of hydrogen-bond donors (Lipinski definition) is 1. The predicted octanol–water partition coefficient (Wildman–Crippen LogP) is 2.05. The van der Waals surface area contributed by atoms with Crippen molar-refractivity contribution in [3.05, 3.63) is 11.8 Å². The first-order valence-corrected chi connectivity index (χ1v) is 3.82. The van der Waals surface area contributed by atoms with E-state index in [0.29, 0.717) is 0 Å². The van der Waals surface area contributed by atoms with E-state index in [9.17, 15) is 0 Å². The maximum absolute atomic E-state index is 3.39. The highest BCUT2D eigenvalue weighted by molar-refractivity contribution is 5.11. The molecule has 0 radical (unpaired) electrons. The highest BCUT2D eigenvalue weighted by atomic mass is 15.0. The molecule has 1 heteroatoms. The van der Waals surface area contributed by atoms with Gasteiger partial charge in [0.05, 0.1) is 0 Å². The molecule has 1 atom stereocenters. The number of allylic oxidation sites excluding steroid dienone is 1. The Hall–Kier alpha value is -0.460. The Morgan fingerprint density at radius 2 is 2.33 bits per heavy atom. The van der Waals surface area contributed by atoms with Gasteiger partial charge in [-0.3, -0.25) is 0 Å². The minimum atomic E-state index is 0.780. The van der Waals surface area contributed by atoms with Gasteiger partial charge >= 0.3 is 0 Å². The second-order valence-corrected chi connectivity index (χ2v) is 2.59. The molecule has 0 amide bonds. The Morgan fingerprint density at radius 1 is 1.67 bits per heavy atom. The van der Waals surface area contributed by atoms with Gasteiger partial charge in [0.1, 0.15) is 0 Å². The molecule has 0 aliphatic carbocycles. The van der Waals surface area contributed by atoms with Crippen LogP contribution in [0, 0.1) is 0 Å². The molecule has 0 bridgehead atoms. The van der Waals surface area contributed by atoms with E-state index in [2.05, 4.69) is 25.2 Å². The molecule has 1 saturated heterocycles. The number of nitrogens with one attached hydrogen (secondary N) is 1. The van der Waals surface area contributed by atoms with Crippen molar-refractivity contribution in [2.75, 3.05) is 0 Å². The highest BCUT2D eigenvalue weighted by Crippen LogP contribution is 2.17. The zero-order valence-electron chi connectivity index (χ0n) is 6.28. The smallest absolute Gasteiger partial charge is 0.0309 e. The standard InChI is InChI=1S/C8H15N/c1-3-5-8-6-7(4-2)9-8/h5,7,9H,3-4,6H2,1-2H3/b8-5+. The average Bonchev–Trinajstić information content (AvgIpc) is 1.77. The normalized spacial score (nSPS) is 29.6. The van der Waals surface area contributed by atoms with E-state index in [4.69, 9.17) is 0 Å². The molecule has 1 aliphatic rings. The molecule has 0 aromatic carbocycles. The molecule has 52 valence electrons. The molecule has 1 unspecified atom stereocenters. The maximum atomic E-state index is 3.39. The average molecular weight is 125 g/mol. The zero-order chi connectivity index (χ0) is 6.69. The zero-order valence-corrected chi connectivity index (χ0v) is 6.28. The third kappa shape index (κ3) is 1.47. The largest absolute Gasteiger partial charge is 0.385 e. The van der Waals surface area contributed by atoms with E-state index in [1.807, 2.05) is 0 Å². The van der Waals surface area contributed by atoms with Gasteiger partial charge < -0.3 is 5.32 Å². The van der Waals surface area contributed by atoms with Gasteiger partial charge in [-0.1, -0.05) is 19.9 Å². The van der Waals surface area contributed by atoms with Gasteiger partial charge in [0.15, 0.2) is 0 Å². The van der Waals surface area contributed by atoms with Gasteiger partial charge in [0.2, 0.25) is 0 Å². The Labute approximate surface area is 57.1 Å². The third-order valence-corrected chi connectivity index (χ3v) is 1.80. The van der Waals surface area contributed by atoms with Crippen molar-refractivity contribution in [1.29, 1.82) is 0 Å². The summed E-state index contributed by atoms with van der Waals surface area (Å²) in [5, 5.41) is 3.39. The van der Waals surface area contributed by atoms with Crippen molar-refractivity contribution in [2.45, 2.75) is 39.2 Å². The van der Waals surface area contributed by atoms with Gasteiger partial charge in [0.25, 0.3) is 0 Å². The van der Waals surface area contributed by atoms with E-state index in [1.54, 1.807) is 0 Å². The van der Waals surface area contributed by atoms with Crippen LogP contribution in [0.1, 0.15) is 33.1 Å². The predicted molar refractivity (Wildman–Crippen MR) is 40.2 cm³/mol. The van der Waals surface area contributed by atoms with Crippen LogP contribution in [0.3, 0.4) is 0 Å². The molecule has 1 fully saturated rings. The monoisotopic (exact) mass is 125 g/mol. The van der Waals surface area contributed by atoms with Crippen LogP contribution in [-0.4, -0.2) is 6.04 Å². The first-order valence-electron chi connectivity index (χ1n) is 3.82. The summed E-state index contributed by atoms with van der Waals surface area (Å²) in [4.78, 5) is 0. The quantitative estimate of drug-likeness (QED) is 0.595. The van der Waals surface area contributed by atoms with Crippen LogP contribution in [0.25, 0.3) is 0 Å². The molecule has 9 heavy (non-hydrogen) atoms. The molecule has 1 aliphatic heterocycles. The third-order valence-electron chi connectivity index (χ3n) is 1.80. The molecule has 0 saturated carbocycles. The van der Waals surface area contributed by atoms with Crippen molar-refractivity contribution in [3.63, 3.8) is 0 Å². The summed E-state index contributed by atoms with van der Waals surface area (Å²) in [7, 11) is 0. The lowest BCUT2D eigenvalue weighted by atomic mass is 10.00. The lowest BCUT2D eigenvalue weighted by molar-refractivity contribution is 0.433. The van der Waals surface area contributed by atoms with Crippen LogP contribution in [-0.2, 0) is 0 Å². The van der Waals surface area contributed by atoms with Crippen molar-refractivity contribution in [1.82, 2.24) is 5.32 Å². The van der Waals surface area contributed by atoms with Crippen molar-refractivity contribution < 1.29 is 0 Å². The summed E-state index contributed by atoms with van der Waals surface area (Å²) in [5.41, 5.74) is 1.45. The summed E-state index contributed by atoms with van der Waals surface area (Å²) < 4.78 is 0. The lowest BCUT2D eigenvalue weighted by Crippen LogP contribution is -2.39. The Bertz CT molecular complexity index is 108. The molecular weight excluding hydrogens is 110 g/mol. The van der Waals surface area contributed by atoms with Crippen molar-refractivity contribution >= 4 is 0 Å². The van der Waals surface area contributed by atoms with Crippen molar-refractivity contribution in [2.24, 2.45) is 0 Å². The summed E-state index contributed by atoms with van der Waals surface area (Å²) in [5.74, 6) is 0. The van der Waals surface area contributed by atoms with Gasteiger partial charge in [-0.05, 0) is 12.8 Å².